The van der Waals surface area contributed by atoms with E-state index in [1.165, 1.54) is 6.33 Å². The Bertz CT molecular complexity index is 667. The Kier molecular flexibility index (Phi) is 5.07. The van der Waals surface area contributed by atoms with Crippen LogP contribution in [0.25, 0.3) is 0 Å². The fourth-order valence-corrected chi connectivity index (χ4v) is 1.85. The summed E-state index contributed by atoms with van der Waals surface area (Å²) >= 11 is 0. The summed E-state index contributed by atoms with van der Waals surface area (Å²) < 4.78 is 0. The molecule has 0 bridgehead atoms. The molecule has 0 aliphatic rings. The standard InChI is InChI=1S/C15H17N5O/c1-11-4-5-13(12(9-11)3-2-7-16)15(21)17-8-6-14-18-10-19-20-14/h4-5,9-10H,6-8,16H2,1H3,(H,17,21)(H,18,19,20). The molecule has 2 rings (SSSR count). The van der Waals surface area contributed by atoms with Gasteiger partial charge in [0.05, 0.1) is 12.1 Å². The van der Waals surface area contributed by atoms with Crippen LogP contribution in [0.2, 0.25) is 0 Å². The SMILES string of the molecule is Cc1ccc(C(=O)NCCc2ncn[nH]2)c(C#CCN)c1. The molecule has 0 saturated carbocycles. The third kappa shape index (κ3) is 4.16. The molecule has 1 aromatic heterocycles. The first-order valence-electron chi connectivity index (χ1n) is 6.62. The first-order valence-corrected chi connectivity index (χ1v) is 6.62. The first kappa shape index (κ1) is 14.8. The highest BCUT2D eigenvalue weighted by atomic mass is 16.1. The monoisotopic (exact) mass is 283 g/mol. The highest BCUT2D eigenvalue weighted by Crippen LogP contribution is 2.10. The molecule has 1 amide bonds. The van der Waals surface area contributed by atoms with Crippen molar-refractivity contribution in [2.75, 3.05) is 13.1 Å². The van der Waals surface area contributed by atoms with Crippen LogP contribution in [0.1, 0.15) is 27.3 Å². The molecule has 0 saturated heterocycles. The van der Waals surface area contributed by atoms with Crippen LogP contribution >= 0.6 is 0 Å². The van der Waals surface area contributed by atoms with Crippen LogP contribution in [-0.4, -0.2) is 34.2 Å². The highest BCUT2D eigenvalue weighted by Gasteiger charge is 2.10. The molecule has 0 aliphatic carbocycles. The lowest BCUT2D eigenvalue weighted by Gasteiger charge is -2.07. The van der Waals surface area contributed by atoms with Gasteiger partial charge in [-0.1, -0.05) is 17.9 Å². The summed E-state index contributed by atoms with van der Waals surface area (Å²) in [4.78, 5) is 16.2. The zero-order chi connectivity index (χ0) is 15.1. The molecule has 0 fully saturated rings. The molecule has 0 radical (unpaired) electrons. The quantitative estimate of drug-likeness (QED) is 0.707. The maximum Gasteiger partial charge on any atom is 0.252 e. The zero-order valence-electron chi connectivity index (χ0n) is 11.8. The number of hydrogen-bond donors (Lipinski definition) is 3. The van der Waals surface area contributed by atoms with Gasteiger partial charge in [0.25, 0.3) is 5.91 Å². The maximum atomic E-state index is 12.2. The van der Waals surface area contributed by atoms with Gasteiger partial charge in [0.15, 0.2) is 0 Å². The number of hydrogen-bond acceptors (Lipinski definition) is 4. The molecule has 108 valence electrons. The van der Waals surface area contributed by atoms with Crippen molar-refractivity contribution in [3.05, 3.63) is 47.0 Å². The zero-order valence-corrected chi connectivity index (χ0v) is 11.8. The van der Waals surface area contributed by atoms with E-state index in [4.69, 9.17) is 5.73 Å². The number of nitrogens with zero attached hydrogens (tertiary/aromatic N) is 2. The van der Waals surface area contributed by atoms with Gasteiger partial charge in [-0.2, -0.15) is 5.10 Å². The topological polar surface area (TPSA) is 96.7 Å². The van der Waals surface area contributed by atoms with E-state index in [1.54, 1.807) is 6.07 Å². The van der Waals surface area contributed by atoms with Crippen LogP contribution in [0.15, 0.2) is 24.5 Å². The molecule has 0 aliphatic heterocycles. The molecular formula is C15H17N5O. The normalized spacial score (nSPS) is 9.81. The fraction of sp³-hybridized carbons (Fsp3) is 0.267. The molecule has 4 N–H and O–H groups in total. The van der Waals surface area contributed by atoms with Crippen molar-refractivity contribution in [3.63, 3.8) is 0 Å². The second-order valence-corrected chi connectivity index (χ2v) is 4.49. The number of nitrogens with two attached hydrogens (primary N) is 1. The van der Waals surface area contributed by atoms with Gasteiger partial charge in [-0.05, 0) is 24.6 Å². The lowest BCUT2D eigenvalue weighted by molar-refractivity contribution is 0.0954. The predicted octanol–water partition coefficient (Wildman–Crippen LogP) is 0.396. The van der Waals surface area contributed by atoms with Crippen LogP contribution in [0.3, 0.4) is 0 Å². The molecule has 0 unspecified atom stereocenters. The second kappa shape index (κ2) is 7.22. The van der Waals surface area contributed by atoms with Gasteiger partial charge in [-0.3, -0.25) is 9.89 Å². The smallest absolute Gasteiger partial charge is 0.252 e. The van der Waals surface area contributed by atoms with E-state index >= 15 is 0 Å². The van der Waals surface area contributed by atoms with Gasteiger partial charge >= 0.3 is 0 Å². The molecule has 21 heavy (non-hydrogen) atoms. The number of carbonyl (C=O) groups is 1. The van der Waals surface area contributed by atoms with E-state index in [0.29, 0.717) is 24.1 Å². The fourth-order valence-electron chi connectivity index (χ4n) is 1.85. The summed E-state index contributed by atoms with van der Waals surface area (Å²) in [6.07, 6.45) is 2.04. The molecule has 0 atom stereocenters. The van der Waals surface area contributed by atoms with Crippen molar-refractivity contribution in [1.82, 2.24) is 20.5 Å². The van der Waals surface area contributed by atoms with E-state index in [-0.39, 0.29) is 12.5 Å². The molecule has 6 heteroatoms. The van der Waals surface area contributed by atoms with Crippen LogP contribution in [0.5, 0.6) is 0 Å². The number of H-pyrrole nitrogens is 1. The maximum absolute atomic E-state index is 12.2. The van der Waals surface area contributed by atoms with Gasteiger partial charge < -0.3 is 11.1 Å². The largest absolute Gasteiger partial charge is 0.352 e. The molecule has 1 heterocycles. The number of aromatic amines is 1. The Labute approximate surface area is 123 Å². The number of benzene rings is 1. The minimum Gasteiger partial charge on any atom is -0.352 e. The molecule has 0 spiro atoms. The third-order valence-corrected chi connectivity index (χ3v) is 2.86. The predicted molar refractivity (Wildman–Crippen MR) is 79.5 cm³/mol. The van der Waals surface area contributed by atoms with Gasteiger partial charge in [0.1, 0.15) is 12.2 Å². The van der Waals surface area contributed by atoms with Crippen molar-refractivity contribution in [2.24, 2.45) is 5.73 Å². The van der Waals surface area contributed by atoms with E-state index in [9.17, 15) is 4.79 Å². The molecule has 1 aromatic carbocycles. The van der Waals surface area contributed by atoms with Crippen molar-refractivity contribution in [3.8, 4) is 11.8 Å². The van der Waals surface area contributed by atoms with Crippen LogP contribution in [0.4, 0.5) is 0 Å². The van der Waals surface area contributed by atoms with Gasteiger partial charge in [0, 0.05) is 18.5 Å². The summed E-state index contributed by atoms with van der Waals surface area (Å²) in [5.41, 5.74) is 7.68. The average Bonchev–Trinajstić information content (AvgIpc) is 2.98. The summed E-state index contributed by atoms with van der Waals surface area (Å²) in [7, 11) is 0. The van der Waals surface area contributed by atoms with Crippen LogP contribution in [-0.2, 0) is 6.42 Å². The number of rotatable bonds is 4. The highest BCUT2D eigenvalue weighted by molar-refractivity contribution is 5.96. The Hall–Kier alpha value is -2.65. The second-order valence-electron chi connectivity index (χ2n) is 4.49. The van der Waals surface area contributed by atoms with E-state index in [0.717, 1.165) is 11.4 Å². The van der Waals surface area contributed by atoms with Gasteiger partial charge in [-0.25, -0.2) is 4.98 Å². The summed E-state index contributed by atoms with van der Waals surface area (Å²) in [6.45, 7) is 2.70. The Balaban J connectivity index is 2.04. The number of aromatic nitrogens is 3. The summed E-state index contributed by atoms with van der Waals surface area (Å²) in [6, 6.07) is 5.55. The average molecular weight is 283 g/mol. The van der Waals surface area contributed by atoms with E-state index < -0.39 is 0 Å². The van der Waals surface area contributed by atoms with Crippen molar-refractivity contribution >= 4 is 5.91 Å². The summed E-state index contributed by atoms with van der Waals surface area (Å²) in [5, 5.41) is 9.35. The number of nitrogens with one attached hydrogen (secondary N) is 2. The van der Waals surface area contributed by atoms with Gasteiger partial charge in [0.2, 0.25) is 0 Å². The van der Waals surface area contributed by atoms with Crippen LogP contribution < -0.4 is 11.1 Å². The third-order valence-electron chi connectivity index (χ3n) is 2.86. The molecule has 6 nitrogen and oxygen atoms in total. The lowest BCUT2D eigenvalue weighted by Crippen LogP contribution is -2.26. The van der Waals surface area contributed by atoms with Crippen molar-refractivity contribution < 1.29 is 4.79 Å². The molecular weight excluding hydrogens is 266 g/mol. The van der Waals surface area contributed by atoms with Crippen molar-refractivity contribution in [2.45, 2.75) is 13.3 Å². The minimum atomic E-state index is -0.157. The Morgan fingerprint density at radius 2 is 2.33 bits per heavy atom. The number of amides is 1. The minimum absolute atomic E-state index is 0.157. The van der Waals surface area contributed by atoms with Crippen molar-refractivity contribution in [1.29, 1.82) is 0 Å². The Morgan fingerprint density at radius 1 is 1.48 bits per heavy atom. The summed E-state index contributed by atoms with van der Waals surface area (Å²) in [5.74, 6) is 6.30. The van der Waals surface area contributed by atoms with Crippen LogP contribution in [0, 0.1) is 18.8 Å². The van der Waals surface area contributed by atoms with E-state index in [1.807, 2.05) is 19.1 Å². The molecule has 2 aromatic rings. The first-order chi connectivity index (χ1) is 10.2. The Morgan fingerprint density at radius 3 is 3.05 bits per heavy atom. The van der Waals surface area contributed by atoms with Gasteiger partial charge in [-0.15, -0.1) is 0 Å². The number of aryl methyl sites for hydroxylation is 1. The lowest BCUT2D eigenvalue weighted by atomic mass is 10.0. The number of carbonyl (C=O) groups excluding carboxylic acids is 1. The van der Waals surface area contributed by atoms with E-state index in [2.05, 4.69) is 32.3 Å².